The Labute approximate surface area is 138 Å². The summed E-state index contributed by atoms with van der Waals surface area (Å²) in [6.45, 7) is 1.23. The molecule has 1 aromatic carbocycles. The molecule has 2 amide bonds. The molecule has 23 heavy (non-hydrogen) atoms. The second-order valence-corrected chi connectivity index (χ2v) is 5.70. The van der Waals surface area contributed by atoms with Crippen LogP contribution in [0.15, 0.2) is 24.3 Å². The van der Waals surface area contributed by atoms with Crippen LogP contribution in [0.25, 0.3) is 0 Å². The van der Waals surface area contributed by atoms with Crippen molar-refractivity contribution in [1.82, 2.24) is 10.9 Å². The van der Waals surface area contributed by atoms with E-state index in [0.717, 1.165) is 6.42 Å². The minimum absolute atomic E-state index is 0.106. The summed E-state index contributed by atoms with van der Waals surface area (Å²) < 4.78 is 10.0. The van der Waals surface area contributed by atoms with Gasteiger partial charge in [0.05, 0.1) is 5.92 Å². The van der Waals surface area contributed by atoms with Crippen molar-refractivity contribution in [2.75, 3.05) is 13.2 Å². The van der Waals surface area contributed by atoms with E-state index in [4.69, 9.17) is 21.1 Å². The van der Waals surface area contributed by atoms with Crippen molar-refractivity contribution in [3.05, 3.63) is 29.3 Å². The number of hydrazine groups is 1. The molecule has 0 unspecified atom stereocenters. The van der Waals surface area contributed by atoms with E-state index < -0.39 is 18.4 Å². The largest absolute Gasteiger partial charge is 0.484 e. The lowest BCUT2D eigenvalue weighted by molar-refractivity contribution is -0.150. The van der Waals surface area contributed by atoms with Crippen LogP contribution in [0.3, 0.4) is 0 Å². The first-order valence-corrected chi connectivity index (χ1v) is 7.46. The second-order valence-electron chi connectivity index (χ2n) is 5.27. The molecule has 0 radical (unpaired) electrons. The summed E-state index contributed by atoms with van der Waals surface area (Å²) in [5.74, 6) is -0.865. The number of carbonyl (C=O) groups is 3. The lowest BCUT2D eigenvalue weighted by Gasteiger charge is -2.09. The number of esters is 1. The van der Waals surface area contributed by atoms with Crippen LogP contribution in [0.5, 0.6) is 5.75 Å². The van der Waals surface area contributed by atoms with E-state index in [0.29, 0.717) is 16.7 Å². The molecule has 7 nitrogen and oxygen atoms in total. The molecule has 1 fully saturated rings. The van der Waals surface area contributed by atoms with Crippen molar-refractivity contribution >= 4 is 29.4 Å². The van der Waals surface area contributed by atoms with E-state index in [1.54, 1.807) is 24.3 Å². The van der Waals surface area contributed by atoms with Gasteiger partial charge >= 0.3 is 5.97 Å². The molecule has 1 saturated carbocycles. The monoisotopic (exact) mass is 340 g/mol. The average Bonchev–Trinajstić information content (AvgIpc) is 3.27. The zero-order chi connectivity index (χ0) is 16.8. The van der Waals surface area contributed by atoms with Crippen molar-refractivity contribution in [2.45, 2.75) is 13.3 Å². The highest BCUT2D eigenvalue weighted by molar-refractivity contribution is 6.30. The highest BCUT2D eigenvalue weighted by Gasteiger charge is 2.40. The van der Waals surface area contributed by atoms with Crippen LogP contribution in [0.1, 0.15) is 13.3 Å². The number of amides is 2. The summed E-state index contributed by atoms with van der Waals surface area (Å²) in [5.41, 5.74) is 4.30. The molecule has 1 aliphatic rings. The Hall–Kier alpha value is -2.28. The molecule has 124 valence electrons. The predicted octanol–water partition coefficient (Wildman–Crippen LogP) is 1.07. The van der Waals surface area contributed by atoms with Gasteiger partial charge in [0.1, 0.15) is 5.75 Å². The Kier molecular flexibility index (Phi) is 5.81. The third-order valence-corrected chi connectivity index (χ3v) is 3.53. The van der Waals surface area contributed by atoms with Gasteiger partial charge in [0.15, 0.2) is 13.2 Å². The first kappa shape index (κ1) is 17.1. The molecule has 8 heteroatoms. The fourth-order valence-electron chi connectivity index (χ4n) is 1.79. The van der Waals surface area contributed by atoms with Crippen molar-refractivity contribution in [3.63, 3.8) is 0 Å². The lowest BCUT2D eigenvalue weighted by Crippen LogP contribution is -2.45. The van der Waals surface area contributed by atoms with Crippen molar-refractivity contribution in [3.8, 4) is 5.75 Å². The number of hydrogen-bond donors (Lipinski definition) is 2. The van der Waals surface area contributed by atoms with Crippen LogP contribution >= 0.6 is 11.6 Å². The second kappa shape index (κ2) is 7.82. The number of carbonyl (C=O) groups excluding carboxylic acids is 3. The van der Waals surface area contributed by atoms with Crippen LogP contribution in [0.2, 0.25) is 5.02 Å². The van der Waals surface area contributed by atoms with E-state index >= 15 is 0 Å². The molecule has 0 heterocycles. The Morgan fingerprint density at radius 3 is 2.26 bits per heavy atom. The first-order chi connectivity index (χ1) is 11.0. The Morgan fingerprint density at radius 1 is 1.13 bits per heavy atom. The van der Waals surface area contributed by atoms with Gasteiger partial charge in [-0.2, -0.15) is 0 Å². The van der Waals surface area contributed by atoms with Crippen molar-refractivity contribution in [1.29, 1.82) is 0 Å². The summed E-state index contributed by atoms with van der Waals surface area (Å²) in [4.78, 5) is 34.4. The van der Waals surface area contributed by atoms with Crippen LogP contribution in [-0.2, 0) is 19.1 Å². The fraction of sp³-hybridized carbons (Fsp3) is 0.400. The van der Waals surface area contributed by atoms with Crippen LogP contribution in [0, 0.1) is 11.8 Å². The van der Waals surface area contributed by atoms with Crippen LogP contribution in [-0.4, -0.2) is 31.0 Å². The van der Waals surface area contributed by atoms with Gasteiger partial charge in [0.25, 0.3) is 11.8 Å². The molecular weight excluding hydrogens is 324 g/mol. The fourth-order valence-corrected chi connectivity index (χ4v) is 1.91. The molecule has 2 rings (SSSR count). The van der Waals surface area contributed by atoms with Gasteiger partial charge in [-0.1, -0.05) is 18.5 Å². The standard InChI is InChI=1S/C15H17ClN2O5/c1-9-6-12(9)15(21)23-8-14(20)18-17-13(19)7-22-11-4-2-10(16)3-5-11/h2-5,9,12H,6-8H2,1H3,(H,17,19)(H,18,20)/t9-,12+/m1/s1. The number of nitrogens with one attached hydrogen (secondary N) is 2. The SMILES string of the molecule is C[C@@H]1C[C@@H]1C(=O)OCC(=O)NNC(=O)COc1ccc(Cl)cc1. The predicted molar refractivity (Wildman–Crippen MR) is 81.5 cm³/mol. The molecule has 0 aliphatic heterocycles. The maximum atomic E-state index is 11.5. The maximum absolute atomic E-state index is 11.5. The summed E-state index contributed by atoms with van der Waals surface area (Å²) >= 11 is 5.72. The minimum atomic E-state index is -0.619. The molecule has 1 aromatic rings. The number of rotatable bonds is 6. The Morgan fingerprint density at radius 2 is 1.70 bits per heavy atom. The van der Waals surface area contributed by atoms with E-state index in [9.17, 15) is 14.4 Å². The smallest absolute Gasteiger partial charge is 0.309 e. The number of hydrogen-bond acceptors (Lipinski definition) is 5. The zero-order valence-electron chi connectivity index (χ0n) is 12.5. The van der Waals surface area contributed by atoms with Gasteiger partial charge in [-0.15, -0.1) is 0 Å². The first-order valence-electron chi connectivity index (χ1n) is 7.08. The van der Waals surface area contributed by atoms with Crippen molar-refractivity contribution in [2.24, 2.45) is 11.8 Å². The molecule has 2 N–H and O–H groups in total. The maximum Gasteiger partial charge on any atom is 0.309 e. The molecule has 0 bridgehead atoms. The highest BCUT2D eigenvalue weighted by Crippen LogP contribution is 2.38. The lowest BCUT2D eigenvalue weighted by atomic mass is 10.3. The highest BCUT2D eigenvalue weighted by atomic mass is 35.5. The molecule has 2 atom stereocenters. The van der Waals surface area contributed by atoms with Gasteiger partial charge in [-0.05, 0) is 36.6 Å². The summed E-state index contributed by atoms with van der Waals surface area (Å²) in [7, 11) is 0. The molecule has 1 aliphatic carbocycles. The van der Waals surface area contributed by atoms with Crippen LogP contribution < -0.4 is 15.6 Å². The van der Waals surface area contributed by atoms with Gasteiger partial charge in [0.2, 0.25) is 0 Å². The van der Waals surface area contributed by atoms with Gasteiger partial charge < -0.3 is 9.47 Å². The topological polar surface area (TPSA) is 93.7 Å². The van der Waals surface area contributed by atoms with Crippen LogP contribution in [0.4, 0.5) is 0 Å². The Bertz CT molecular complexity index is 590. The van der Waals surface area contributed by atoms with E-state index in [2.05, 4.69) is 10.9 Å². The van der Waals surface area contributed by atoms with E-state index in [1.807, 2.05) is 6.92 Å². The zero-order valence-corrected chi connectivity index (χ0v) is 13.3. The van der Waals surface area contributed by atoms with Gasteiger partial charge in [0, 0.05) is 5.02 Å². The molecule has 0 spiro atoms. The third kappa shape index (κ3) is 5.78. The molecule has 0 saturated heterocycles. The number of benzene rings is 1. The Balaban J connectivity index is 1.59. The van der Waals surface area contributed by atoms with Crippen molar-refractivity contribution < 1.29 is 23.9 Å². The van der Waals surface area contributed by atoms with E-state index in [1.165, 1.54) is 0 Å². The van der Waals surface area contributed by atoms with E-state index in [-0.39, 0.29) is 18.5 Å². The average molecular weight is 341 g/mol. The molecular formula is C15H17ClN2O5. The van der Waals surface area contributed by atoms with Gasteiger partial charge in [-0.3, -0.25) is 25.2 Å². The summed E-state index contributed by atoms with van der Waals surface area (Å²) in [6, 6.07) is 6.50. The third-order valence-electron chi connectivity index (χ3n) is 3.28. The number of ether oxygens (including phenoxy) is 2. The summed E-state index contributed by atoms with van der Waals surface area (Å²) in [5, 5.41) is 0.559. The number of halogens is 1. The molecule has 0 aromatic heterocycles. The quantitative estimate of drug-likeness (QED) is 0.596. The van der Waals surface area contributed by atoms with Gasteiger partial charge in [-0.25, -0.2) is 0 Å². The summed E-state index contributed by atoms with van der Waals surface area (Å²) in [6.07, 6.45) is 0.791. The normalized spacial score (nSPS) is 18.7. The minimum Gasteiger partial charge on any atom is -0.484 e.